The molecule has 120 valence electrons. The molecule has 10 heteroatoms. The summed E-state index contributed by atoms with van der Waals surface area (Å²) in [4.78, 5) is 14.9. The average Bonchev–Trinajstić information content (AvgIpc) is 2.73. The lowest BCUT2D eigenvalue weighted by Gasteiger charge is -2.13. The second-order valence-electron chi connectivity index (χ2n) is 4.76. The highest BCUT2D eigenvalue weighted by atomic mass is 35.5. The first-order valence-corrected chi connectivity index (χ1v) is 8.38. The number of sulfonamides is 1. The second-order valence-corrected chi connectivity index (χ2v) is 6.85. The molecule has 8 nitrogen and oxygen atoms in total. The van der Waals surface area contributed by atoms with Crippen molar-refractivity contribution >= 4 is 33.2 Å². The molecular weight excluding hydrogens is 332 g/mol. The lowest BCUT2D eigenvalue weighted by Crippen LogP contribution is -2.40. The average molecular weight is 347 g/mol. The molecule has 0 aliphatic rings. The molecule has 2 heterocycles. The number of aromatic nitrogens is 3. The number of carboxylic acids is 1. The van der Waals surface area contributed by atoms with Gasteiger partial charge in [0.05, 0.1) is 18.1 Å². The number of carboxylic acid groups (broad SMARTS) is 1. The summed E-state index contributed by atoms with van der Waals surface area (Å²) < 4.78 is 27.9. The van der Waals surface area contributed by atoms with Gasteiger partial charge in [-0.15, -0.1) is 0 Å². The highest BCUT2D eigenvalue weighted by Crippen LogP contribution is 2.20. The summed E-state index contributed by atoms with van der Waals surface area (Å²) in [5.74, 6) is -1.22. The van der Waals surface area contributed by atoms with E-state index in [1.807, 2.05) is 0 Å². The maximum Gasteiger partial charge on any atom is 0.321 e. The Balaban J connectivity index is 2.38. The van der Waals surface area contributed by atoms with E-state index in [-0.39, 0.29) is 11.3 Å². The fourth-order valence-corrected chi connectivity index (χ4v) is 3.25. The normalized spacial score (nSPS) is 13.4. The number of halogens is 1. The van der Waals surface area contributed by atoms with Crippen LogP contribution in [0.5, 0.6) is 0 Å². The number of fused-ring (bicyclic) bond motifs is 1. The fourth-order valence-electron chi connectivity index (χ4n) is 1.92. The van der Waals surface area contributed by atoms with Gasteiger partial charge < -0.3 is 5.11 Å². The van der Waals surface area contributed by atoms with Crippen LogP contribution in [-0.2, 0) is 14.8 Å². The van der Waals surface area contributed by atoms with Gasteiger partial charge in [0.25, 0.3) is 0 Å². The van der Waals surface area contributed by atoms with Crippen LogP contribution >= 0.6 is 11.6 Å². The molecule has 2 N–H and O–H groups in total. The van der Waals surface area contributed by atoms with Crippen LogP contribution in [0, 0.1) is 6.92 Å². The van der Waals surface area contributed by atoms with Gasteiger partial charge in [-0.25, -0.2) is 17.9 Å². The van der Waals surface area contributed by atoms with Crippen molar-refractivity contribution in [3.63, 3.8) is 0 Å². The Labute approximate surface area is 132 Å². The molecule has 0 radical (unpaired) electrons. The summed E-state index contributed by atoms with van der Waals surface area (Å²) in [6.45, 7) is 3.44. The summed E-state index contributed by atoms with van der Waals surface area (Å²) in [5.41, 5.74) is 0.854. The van der Waals surface area contributed by atoms with Crippen LogP contribution in [0.2, 0.25) is 5.02 Å². The Morgan fingerprint density at radius 2 is 2.23 bits per heavy atom. The zero-order valence-corrected chi connectivity index (χ0v) is 13.5. The van der Waals surface area contributed by atoms with Gasteiger partial charge >= 0.3 is 5.97 Å². The molecule has 0 bridgehead atoms. The van der Waals surface area contributed by atoms with Crippen LogP contribution in [0.1, 0.15) is 25.5 Å². The van der Waals surface area contributed by atoms with Crippen molar-refractivity contribution in [1.82, 2.24) is 19.3 Å². The first kappa shape index (κ1) is 16.7. The van der Waals surface area contributed by atoms with Crippen molar-refractivity contribution < 1.29 is 18.3 Å². The predicted molar refractivity (Wildman–Crippen MR) is 79.4 cm³/mol. The number of hydrogen-bond acceptors (Lipinski definition) is 5. The minimum Gasteiger partial charge on any atom is -0.480 e. The maximum absolute atomic E-state index is 12.3. The van der Waals surface area contributed by atoms with Gasteiger partial charge in [-0.05, 0) is 13.3 Å². The zero-order valence-electron chi connectivity index (χ0n) is 11.9. The van der Waals surface area contributed by atoms with Crippen molar-refractivity contribution in [2.24, 2.45) is 0 Å². The van der Waals surface area contributed by atoms with Crippen molar-refractivity contribution in [3.05, 3.63) is 23.1 Å². The fraction of sp³-hybridized carbons (Fsp3) is 0.417. The Morgan fingerprint density at radius 1 is 1.55 bits per heavy atom. The van der Waals surface area contributed by atoms with E-state index in [0.29, 0.717) is 22.8 Å². The number of carbonyl (C=O) groups is 1. The van der Waals surface area contributed by atoms with Crippen LogP contribution in [0.3, 0.4) is 0 Å². The van der Waals surface area contributed by atoms with Crippen LogP contribution in [-0.4, -0.2) is 40.1 Å². The Hall–Kier alpha value is -1.71. The third-order valence-electron chi connectivity index (χ3n) is 3.04. The van der Waals surface area contributed by atoms with E-state index in [1.165, 1.54) is 10.7 Å². The lowest BCUT2D eigenvalue weighted by atomic mass is 10.2. The standard InChI is InChI=1S/C12H15ClN4O4S/c1-3-4-9(12(18)19)16-22(20,21)8-5-14-11-10(13)7(2)15-17(11)6-8/h5-6,9,16H,3-4H2,1-2H3,(H,18,19). The lowest BCUT2D eigenvalue weighted by molar-refractivity contribution is -0.139. The minimum atomic E-state index is -4.02. The van der Waals surface area contributed by atoms with Crippen molar-refractivity contribution in [3.8, 4) is 0 Å². The van der Waals surface area contributed by atoms with Crippen molar-refractivity contribution in [1.29, 1.82) is 0 Å². The van der Waals surface area contributed by atoms with Gasteiger partial charge in [0.2, 0.25) is 10.0 Å². The summed E-state index contributed by atoms with van der Waals surface area (Å²) in [6, 6.07) is -1.19. The quantitative estimate of drug-likeness (QED) is 0.813. The van der Waals surface area contributed by atoms with Crippen LogP contribution in [0.15, 0.2) is 17.3 Å². The molecule has 0 spiro atoms. The summed E-state index contributed by atoms with van der Waals surface area (Å²) >= 11 is 5.99. The number of aliphatic carboxylic acids is 1. The van der Waals surface area contributed by atoms with Crippen LogP contribution in [0.4, 0.5) is 0 Å². The molecular formula is C12H15ClN4O4S. The van der Waals surface area contributed by atoms with Crippen molar-refractivity contribution in [2.45, 2.75) is 37.6 Å². The minimum absolute atomic E-state index is 0.179. The Kier molecular flexibility index (Phi) is 4.69. The first-order valence-electron chi connectivity index (χ1n) is 6.52. The highest BCUT2D eigenvalue weighted by molar-refractivity contribution is 7.89. The molecule has 2 aromatic rings. The molecule has 0 amide bonds. The molecule has 0 aromatic carbocycles. The van der Waals surface area contributed by atoms with Gasteiger partial charge in [0.1, 0.15) is 16.0 Å². The van der Waals surface area contributed by atoms with Gasteiger partial charge in [-0.2, -0.15) is 9.82 Å². The van der Waals surface area contributed by atoms with Gasteiger partial charge in [0, 0.05) is 0 Å². The molecule has 0 aliphatic heterocycles. The molecule has 0 saturated heterocycles. The Morgan fingerprint density at radius 3 is 2.82 bits per heavy atom. The van der Waals surface area contributed by atoms with Gasteiger partial charge in [0.15, 0.2) is 5.65 Å². The van der Waals surface area contributed by atoms with Gasteiger partial charge in [-0.1, -0.05) is 24.9 Å². The summed E-state index contributed by atoms with van der Waals surface area (Å²) in [7, 11) is -4.02. The molecule has 0 fully saturated rings. The zero-order chi connectivity index (χ0) is 16.5. The number of nitrogens with zero attached hydrogens (tertiary/aromatic N) is 3. The summed E-state index contributed by atoms with van der Waals surface area (Å²) in [5, 5.41) is 13.4. The molecule has 0 saturated carbocycles. The highest BCUT2D eigenvalue weighted by Gasteiger charge is 2.25. The SMILES string of the molecule is CCCC(NS(=O)(=O)c1cnc2c(Cl)c(C)nn2c1)C(=O)O. The van der Waals surface area contributed by atoms with E-state index in [1.54, 1.807) is 13.8 Å². The third kappa shape index (κ3) is 3.21. The molecule has 2 aromatic heterocycles. The first-order chi connectivity index (χ1) is 10.3. The second kappa shape index (κ2) is 6.19. The largest absolute Gasteiger partial charge is 0.480 e. The van der Waals surface area contributed by atoms with E-state index in [2.05, 4.69) is 14.8 Å². The number of nitrogens with one attached hydrogen (secondary N) is 1. The number of rotatable bonds is 6. The van der Waals surface area contributed by atoms with E-state index < -0.39 is 22.0 Å². The monoisotopic (exact) mass is 346 g/mol. The van der Waals surface area contributed by atoms with E-state index >= 15 is 0 Å². The Bertz CT molecular complexity index is 818. The van der Waals surface area contributed by atoms with Crippen LogP contribution < -0.4 is 4.72 Å². The van der Waals surface area contributed by atoms with Gasteiger partial charge in [-0.3, -0.25) is 4.79 Å². The molecule has 22 heavy (non-hydrogen) atoms. The maximum atomic E-state index is 12.3. The smallest absolute Gasteiger partial charge is 0.321 e. The number of aryl methyl sites for hydroxylation is 1. The molecule has 2 rings (SSSR count). The van der Waals surface area contributed by atoms with E-state index in [0.717, 1.165) is 6.20 Å². The predicted octanol–water partition coefficient (Wildman–Crippen LogP) is 1.22. The van der Waals surface area contributed by atoms with Crippen molar-refractivity contribution in [2.75, 3.05) is 0 Å². The molecule has 1 atom stereocenters. The topological polar surface area (TPSA) is 114 Å². The van der Waals surface area contributed by atoms with E-state index in [9.17, 15) is 13.2 Å². The van der Waals surface area contributed by atoms with E-state index in [4.69, 9.17) is 16.7 Å². The molecule has 1 unspecified atom stereocenters. The molecule has 0 aliphatic carbocycles. The number of hydrogen-bond donors (Lipinski definition) is 2. The summed E-state index contributed by atoms with van der Waals surface area (Å²) in [6.07, 6.45) is 3.09. The third-order valence-corrected chi connectivity index (χ3v) is 4.90. The van der Waals surface area contributed by atoms with Crippen LogP contribution in [0.25, 0.3) is 5.65 Å².